The van der Waals surface area contributed by atoms with Gasteiger partial charge in [-0.25, -0.2) is 0 Å². The van der Waals surface area contributed by atoms with Gasteiger partial charge in [0.05, 0.1) is 6.10 Å². The van der Waals surface area contributed by atoms with Crippen molar-refractivity contribution in [2.45, 2.75) is 85.0 Å². The average Bonchev–Trinajstić information content (AvgIpc) is 3.04. The van der Waals surface area contributed by atoms with E-state index in [1.54, 1.807) is 0 Å². The number of fused-ring (bicyclic) bond motifs is 3. The third-order valence-electron chi connectivity index (χ3n) is 6.86. The van der Waals surface area contributed by atoms with E-state index >= 15 is 0 Å². The van der Waals surface area contributed by atoms with E-state index in [9.17, 15) is 9.90 Å². The second-order valence-electron chi connectivity index (χ2n) is 9.03. The van der Waals surface area contributed by atoms with Gasteiger partial charge >= 0.3 is 0 Å². The fraction of sp³-hybridized carbons (Fsp3) is 0.950. The molecule has 3 rings (SSSR count). The number of hydrogen-bond donors (Lipinski definition) is 1. The molecule has 3 heteroatoms. The van der Waals surface area contributed by atoms with Crippen molar-refractivity contribution in [1.82, 2.24) is 0 Å². The fourth-order valence-corrected chi connectivity index (χ4v) is 5.45. The zero-order chi connectivity index (χ0) is 16.8. The molecule has 7 atom stereocenters. The minimum atomic E-state index is -0.546. The minimum Gasteiger partial charge on any atom is -0.368 e. The number of aliphatic hydroxyl groups is 1. The van der Waals surface area contributed by atoms with Crippen LogP contribution in [0.3, 0.4) is 0 Å². The van der Waals surface area contributed by atoms with Gasteiger partial charge in [-0.2, -0.15) is 0 Å². The van der Waals surface area contributed by atoms with Crippen molar-refractivity contribution in [3.63, 3.8) is 0 Å². The SMILES string of the molecule is CCC(C)(CC(C)C)C(=O)CCCC1OC(O)C2CC3CC3C12. The highest BCUT2D eigenvalue weighted by atomic mass is 16.6. The molecule has 3 fully saturated rings. The lowest BCUT2D eigenvalue weighted by Crippen LogP contribution is -2.29. The summed E-state index contributed by atoms with van der Waals surface area (Å²) in [6.45, 7) is 8.66. The number of rotatable bonds is 8. The summed E-state index contributed by atoms with van der Waals surface area (Å²) in [7, 11) is 0. The molecule has 0 radical (unpaired) electrons. The largest absolute Gasteiger partial charge is 0.368 e. The van der Waals surface area contributed by atoms with Gasteiger partial charge in [-0.05, 0) is 62.2 Å². The molecule has 0 aromatic heterocycles. The lowest BCUT2D eigenvalue weighted by atomic mass is 9.74. The van der Waals surface area contributed by atoms with Crippen LogP contribution in [0.5, 0.6) is 0 Å². The number of carbonyl (C=O) groups excluding carboxylic acids is 1. The van der Waals surface area contributed by atoms with Crippen LogP contribution in [0.25, 0.3) is 0 Å². The molecule has 0 aromatic rings. The summed E-state index contributed by atoms with van der Waals surface area (Å²) in [6.07, 6.45) is 6.57. The Morgan fingerprint density at radius 1 is 1.30 bits per heavy atom. The zero-order valence-electron chi connectivity index (χ0n) is 15.3. The topological polar surface area (TPSA) is 46.5 Å². The summed E-state index contributed by atoms with van der Waals surface area (Å²) in [6, 6.07) is 0. The Labute approximate surface area is 141 Å². The quantitative estimate of drug-likeness (QED) is 0.729. The Hall–Kier alpha value is -0.410. The summed E-state index contributed by atoms with van der Waals surface area (Å²) in [5.41, 5.74) is -0.165. The van der Waals surface area contributed by atoms with Crippen LogP contribution < -0.4 is 0 Å². The predicted molar refractivity (Wildman–Crippen MR) is 90.8 cm³/mol. The molecule has 2 aliphatic carbocycles. The van der Waals surface area contributed by atoms with Gasteiger partial charge in [0.1, 0.15) is 5.78 Å². The molecule has 3 nitrogen and oxygen atoms in total. The Kier molecular flexibility index (Phi) is 4.90. The van der Waals surface area contributed by atoms with Crippen molar-refractivity contribution >= 4 is 5.78 Å². The Balaban J connectivity index is 1.48. The summed E-state index contributed by atoms with van der Waals surface area (Å²) in [5.74, 6) is 3.59. The van der Waals surface area contributed by atoms with Gasteiger partial charge < -0.3 is 9.84 Å². The molecule has 1 saturated heterocycles. The highest BCUT2D eigenvalue weighted by Gasteiger charge is 2.61. The normalized spacial score (nSPS) is 40.8. The first kappa shape index (κ1) is 17.4. The van der Waals surface area contributed by atoms with E-state index in [0.717, 1.165) is 43.9 Å². The molecule has 3 aliphatic rings. The maximum atomic E-state index is 12.7. The van der Waals surface area contributed by atoms with Gasteiger partial charge in [0, 0.05) is 17.8 Å². The van der Waals surface area contributed by atoms with Crippen LogP contribution in [0, 0.1) is 35.0 Å². The average molecular weight is 322 g/mol. The van der Waals surface area contributed by atoms with Crippen LogP contribution in [0.15, 0.2) is 0 Å². The number of Topliss-reactive ketones (excluding diaryl/α,β-unsaturated/α-hetero) is 1. The van der Waals surface area contributed by atoms with E-state index in [-0.39, 0.29) is 11.5 Å². The maximum absolute atomic E-state index is 12.7. The molecule has 0 bridgehead atoms. The monoisotopic (exact) mass is 322 g/mol. The number of hydrogen-bond acceptors (Lipinski definition) is 3. The number of ketones is 1. The first-order chi connectivity index (χ1) is 10.9. The van der Waals surface area contributed by atoms with Crippen LogP contribution in [0.4, 0.5) is 0 Å². The van der Waals surface area contributed by atoms with E-state index in [0.29, 0.717) is 30.0 Å². The maximum Gasteiger partial charge on any atom is 0.158 e. The summed E-state index contributed by atoms with van der Waals surface area (Å²) in [4.78, 5) is 12.7. The highest BCUT2D eigenvalue weighted by molar-refractivity contribution is 5.84. The Morgan fingerprint density at radius 3 is 2.65 bits per heavy atom. The van der Waals surface area contributed by atoms with E-state index in [1.165, 1.54) is 6.42 Å². The number of ether oxygens (including phenoxy) is 1. The molecule has 7 unspecified atom stereocenters. The molecular weight excluding hydrogens is 288 g/mol. The molecule has 1 heterocycles. The second kappa shape index (κ2) is 6.48. The van der Waals surface area contributed by atoms with Crippen LogP contribution in [0.2, 0.25) is 0 Å². The van der Waals surface area contributed by atoms with Crippen LogP contribution in [-0.2, 0) is 9.53 Å². The van der Waals surface area contributed by atoms with Gasteiger partial charge in [-0.3, -0.25) is 4.79 Å². The Bertz CT molecular complexity index is 446. The third kappa shape index (κ3) is 3.37. The standard InChI is InChI=1S/C20H34O3/c1-5-20(4,11-12(2)3)17(21)8-6-7-16-18-14-9-13(14)10-15(18)19(22)23-16/h12-16,18-19,22H,5-11H2,1-4H3. The van der Waals surface area contributed by atoms with Crippen molar-refractivity contribution in [3.05, 3.63) is 0 Å². The van der Waals surface area contributed by atoms with E-state index in [2.05, 4.69) is 27.7 Å². The van der Waals surface area contributed by atoms with Gasteiger partial charge in [0.2, 0.25) is 0 Å². The number of carbonyl (C=O) groups is 1. The number of aliphatic hydroxyl groups excluding tert-OH is 1. The van der Waals surface area contributed by atoms with Crippen molar-refractivity contribution < 1.29 is 14.6 Å². The van der Waals surface area contributed by atoms with Crippen LogP contribution >= 0.6 is 0 Å². The van der Waals surface area contributed by atoms with Gasteiger partial charge in [-0.1, -0.05) is 27.7 Å². The van der Waals surface area contributed by atoms with Gasteiger partial charge in [0.25, 0.3) is 0 Å². The zero-order valence-corrected chi connectivity index (χ0v) is 15.3. The molecule has 0 spiro atoms. The van der Waals surface area contributed by atoms with Gasteiger partial charge in [0.15, 0.2) is 6.29 Å². The molecule has 23 heavy (non-hydrogen) atoms. The second-order valence-corrected chi connectivity index (χ2v) is 9.03. The van der Waals surface area contributed by atoms with Crippen molar-refractivity contribution in [2.24, 2.45) is 35.0 Å². The lowest BCUT2D eigenvalue weighted by molar-refractivity contribution is -0.129. The van der Waals surface area contributed by atoms with Crippen LogP contribution in [0.1, 0.15) is 72.6 Å². The summed E-state index contributed by atoms with van der Waals surface area (Å²) in [5, 5.41) is 10.1. The molecule has 1 aliphatic heterocycles. The molecule has 0 amide bonds. The molecule has 132 valence electrons. The van der Waals surface area contributed by atoms with Crippen molar-refractivity contribution in [1.29, 1.82) is 0 Å². The predicted octanol–water partition coefficient (Wildman–Crippen LogP) is 4.18. The fourth-order valence-electron chi connectivity index (χ4n) is 5.45. The van der Waals surface area contributed by atoms with Crippen molar-refractivity contribution in [3.8, 4) is 0 Å². The molecular formula is C20H34O3. The van der Waals surface area contributed by atoms with E-state index in [1.807, 2.05) is 0 Å². The first-order valence-corrected chi connectivity index (χ1v) is 9.72. The third-order valence-corrected chi connectivity index (χ3v) is 6.86. The first-order valence-electron chi connectivity index (χ1n) is 9.72. The highest BCUT2D eigenvalue weighted by Crippen LogP contribution is 2.63. The molecule has 1 N–H and O–H groups in total. The Morgan fingerprint density at radius 2 is 2.00 bits per heavy atom. The van der Waals surface area contributed by atoms with Crippen molar-refractivity contribution in [2.75, 3.05) is 0 Å². The summed E-state index contributed by atoms with van der Waals surface area (Å²) >= 11 is 0. The van der Waals surface area contributed by atoms with Gasteiger partial charge in [-0.15, -0.1) is 0 Å². The minimum absolute atomic E-state index is 0.165. The van der Waals surface area contributed by atoms with E-state index < -0.39 is 6.29 Å². The van der Waals surface area contributed by atoms with E-state index in [4.69, 9.17) is 4.74 Å². The summed E-state index contributed by atoms with van der Waals surface area (Å²) < 4.78 is 5.83. The molecule has 0 aromatic carbocycles. The smallest absolute Gasteiger partial charge is 0.158 e. The van der Waals surface area contributed by atoms with Crippen LogP contribution in [-0.4, -0.2) is 23.3 Å². The molecule has 2 saturated carbocycles. The lowest BCUT2D eigenvalue weighted by Gasteiger charge is -2.29.